The highest BCUT2D eigenvalue weighted by molar-refractivity contribution is 6.42. The molecule has 2 aliphatic rings. The zero-order chi connectivity index (χ0) is 24.0. The zero-order valence-corrected chi connectivity index (χ0v) is 20.7. The fraction of sp³-hybridized carbons (Fsp3) is 0.652. The highest BCUT2D eigenvalue weighted by Crippen LogP contribution is 2.42. The van der Waals surface area contributed by atoms with Crippen LogP contribution in [-0.4, -0.2) is 61.9 Å². The van der Waals surface area contributed by atoms with Gasteiger partial charge in [0.15, 0.2) is 12.4 Å². The number of ether oxygens (including phenoxy) is 5. The molecule has 2 saturated heterocycles. The number of benzene rings is 1. The Hall–Kier alpha value is -1.58. The third-order valence-electron chi connectivity index (χ3n) is 5.99. The third kappa shape index (κ3) is 6.11. The van der Waals surface area contributed by atoms with Gasteiger partial charge in [0.05, 0.1) is 16.7 Å². The smallest absolute Gasteiger partial charge is 0.422 e. The van der Waals surface area contributed by atoms with Crippen LogP contribution in [0.3, 0.4) is 0 Å². The summed E-state index contributed by atoms with van der Waals surface area (Å²) < 4.78 is 28.5. The Bertz CT molecular complexity index is 821. The third-order valence-corrected chi connectivity index (χ3v) is 6.73. The van der Waals surface area contributed by atoms with E-state index in [-0.39, 0.29) is 5.92 Å². The average molecular weight is 504 g/mol. The molecule has 2 fully saturated rings. The van der Waals surface area contributed by atoms with Crippen LogP contribution in [-0.2, 0) is 28.5 Å². The van der Waals surface area contributed by atoms with Crippen LogP contribution < -0.4 is 4.74 Å². The van der Waals surface area contributed by atoms with Gasteiger partial charge in [-0.05, 0) is 44.2 Å². The average Bonchev–Trinajstić information content (AvgIpc) is 3.09. The number of methoxy groups -OCH3 is 1. The monoisotopic (exact) mass is 503 g/mol. The number of hydrogen-bond donors (Lipinski definition) is 0. The predicted molar refractivity (Wildman–Crippen MR) is 122 cm³/mol. The zero-order valence-electron chi connectivity index (χ0n) is 19.2. The lowest BCUT2D eigenvalue weighted by Crippen LogP contribution is -2.65. The minimum absolute atomic E-state index is 0.119. The number of hydrogen-bond acceptors (Lipinski definition) is 8. The molecule has 1 spiro atoms. The fourth-order valence-corrected chi connectivity index (χ4v) is 4.48. The van der Waals surface area contributed by atoms with Crippen molar-refractivity contribution in [3.8, 4) is 5.75 Å². The van der Waals surface area contributed by atoms with E-state index < -0.39 is 30.2 Å². The Morgan fingerprint density at radius 2 is 1.91 bits per heavy atom. The second kappa shape index (κ2) is 11.7. The maximum Gasteiger partial charge on any atom is 0.422 e. The molecule has 0 amide bonds. The first-order valence-electron chi connectivity index (χ1n) is 11.3. The molecule has 2 aliphatic heterocycles. The van der Waals surface area contributed by atoms with E-state index in [0.717, 1.165) is 25.7 Å². The molecule has 1 aromatic carbocycles. The molecule has 8 nitrogen and oxygen atoms in total. The van der Waals surface area contributed by atoms with E-state index in [1.807, 2.05) is 4.90 Å². The number of piperidine rings is 1. The van der Waals surface area contributed by atoms with Gasteiger partial charge in [-0.2, -0.15) is 0 Å². The van der Waals surface area contributed by atoms with Gasteiger partial charge >= 0.3 is 17.8 Å². The van der Waals surface area contributed by atoms with Crippen LogP contribution in [0.1, 0.15) is 46.0 Å². The van der Waals surface area contributed by atoms with Crippen LogP contribution in [0.4, 0.5) is 0 Å². The molecule has 3 atom stereocenters. The van der Waals surface area contributed by atoms with Crippen LogP contribution in [0.25, 0.3) is 0 Å². The quantitative estimate of drug-likeness (QED) is 0.190. The lowest BCUT2D eigenvalue weighted by atomic mass is 9.87. The molecule has 0 aromatic heterocycles. The number of unbranched alkanes of at least 4 members (excludes halogenated alkanes) is 2. The van der Waals surface area contributed by atoms with E-state index in [0.29, 0.717) is 41.9 Å². The SMILES string of the molecule is CCCCCN1CCC(CCOc2ccc(Cl)c(Cl)c2)C(OC(C)OC)C12OC(=O)C(=O)O2. The van der Waals surface area contributed by atoms with Gasteiger partial charge in [0.1, 0.15) is 5.75 Å². The second-order valence-corrected chi connectivity index (χ2v) is 9.04. The van der Waals surface area contributed by atoms with Crippen LogP contribution >= 0.6 is 23.2 Å². The van der Waals surface area contributed by atoms with Crippen molar-refractivity contribution in [3.63, 3.8) is 0 Å². The molecular weight excluding hydrogens is 473 g/mol. The van der Waals surface area contributed by atoms with Gasteiger partial charge in [-0.25, -0.2) is 14.5 Å². The van der Waals surface area contributed by atoms with Crippen LogP contribution in [0.5, 0.6) is 5.75 Å². The summed E-state index contributed by atoms with van der Waals surface area (Å²) in [7, 11) is 1.52. The summed E-state index contributed by atoms with van der Waals surface area (Å²) in [6, 6.07) is 5.07. The molecule has 2 heterocycles. The summed E-state index contributed by atoms with van der Waals surface area (Å²) in [5, 5.41) is 0.863. The number of nitrogens with zero attached hydrogens (tertiary/aromatic N) is 1. The first kappa shape index (κ1) is 26.0. The second-order valence-electron chi connectivity index (χ2n) is 8.23. The summed E-state index contributed by atoms with van der Waals surface area (Å²) in [6.07, 6.45) is 2.90. The van der Waals surface area contributed by atoms with Gasteiger partial charge in [-0.15, -0.1) is 0 Å². The van der Waals surface area contributed by atoms with Crippen molar-refractivity contribution in [1.82, 2.24) is 4.90 Å². The fourth-order valence-electron chi connectivity index (χ4n) is 4.19. The Morgan fingerprint density at radius 1 is 1.18 bits per heavy atom. The summed E-state index contributed by atoms with van der Waals surface area (Å²) >= 11 is 12.0. The molecule has 33 heavy (non-hydrogen) atoms. The molecule has 0 bridgehead atoms. The van der Waals surface area contributed by atoms with Crippen molar-refractivity contribution < 1.29 is 33.3 Å². The maximum absolute atomic E-state index is 12.1. The predicted octanol–water partition coefficient (Wildman–Crippen LogP) is 4.41. The van der Waals surface area contributed by atoms with Crippen molar-refractivity contribution >= 4 is 35.1 Å². The van der Waals surface area contributed by atoms with Crippen LogP contribution in [0.2, 0.25) is 10.0 Å². The van der Waals surface area contributed by atoms with Gasteiger partial charge in [-0.3, -0.25) is 0 Å². The minimum atomic E-state index is -1.61. The van der Waals surface area contributed by atoms with Crippen molar-refractivity contribution in [1.29, 1.82) is 0 Å². The number of esters is 2. The number of rotatable bonds is 11. The van der Waals surface area contributed by atoms with E-state index in [1.54, 1.807) is 25.1 Å². The molecular formula is C23H31Cl2NO7. The van der Waals surface area contributed by atoms with Gasteiger partial charge < -0.3 is 23.7 Å². The highest BCUT2D eigenvalue weighted by atomic mass is 35.5. The minimum Gasteiger partial charge on any atom is -0.494 e. The summed E-state index contributed by atoms with van der Waals surface area (Å²) in [6.45, 7) is 5.41. The van der Waals surface area contributed by atoms with E-state index in [4.69, 9.17) is 46.9 Å². The highest BCUT2D eigenvalue weighted by Gasteiger charge is 2.63. The summed E-state index contributed by atoms with van der Waals surface area (Å²) in [4.78, 5) is 26.2. The largest absolute Gasteiger partial charge is 0.494 e. The van der Waals surface area contributed by atoms with Crippen molar-refractivity contribution in [2.24, 2.45) is 5.92 Å². The summed E-state index contributed by atoms with van der Waals surface area (Å²) in [5.74, 6) is -3.16. The van der Waals surface area contributed by atoms with E-state index in [1.165, 1.54) is 7.11 Å². The number of carbonyl (C=O) groups excluding carboxylic acids is 2. The van der Waals surface area contributed by atoms with Crippen LogP contribution in [0, 0.1) is 5.92 Å². The lowest BCUT2D eigenvalue weighted by molar-refractivity contribution is -0.346. The van der Waals surface area contributed by atoms with Crippen molar-refractivity contribution in [2.45, 2.75) is 64.3 Å². The molecule has 184 valence electrons. The van der Waals surface area contributed by atoms with E-state index >= 15 is 0 Å². The number of carbonyl (C=O) groups is 2. The maximum atomic E-state index is 12.1. The Morgan fingerprint density at radius 3 is 2.55 bits per heavy atom. The first-order chi connectivity index (χ1) is 15.8. The molecule has 0 radical (unpaired) electrons. The molecule has 10 heteroatoms. The van der Waals surface area contributed by atoms with Gasteiger partial charge in [0, 0.05) is 26.3 Å². The topological polar surface area (TPSA) is 83.5 Å². The molecule has 0 aliphatic carbocycles. The standard InChI is InChI=1S/C23H31Cl2NO7/c1-4-5-6-11-26-12-9-16(10-13-30-17-7-8-18(24)19(25)14-17)20(31-15(2)29-3)23(26)32-21(27)22(28)33-23/h7-8,14-16,20H,4-6,9-13H2,1-3H3. The van der Waals surface area contributed by atoms with Crippen LogP contribution in [0.15, 0.2) is 18.2 Å². The summed E-state index contributed by atoms with van der Waals surface area (Å²) in [5.41, 5.74) is 0. The van der Waals surface area contributed by atoms with E-state index in [2.05, 4.69) is 6.92 Å². The van der Waals surface area contributed by atoms with Crippen molar-refractivity contribution in [3.05, 3.63) is 28.2 Å². The van der Waals surface area contributed by atoms with Gasteiger partial charge in [0.2, 0.25) is 0 Å². The first-order valence-corrected chi connectivity index (χ1v) is 12.0. The Labute approximate surface area is 204 Å². The number of halogens is 2. The molecule has 0 N–H and O–H groups in total. The Balaban J connectivity index is 1.78. The van der Waals surface area contributed by atoms with Gasteiger partial charge in [0.25, 0.3) is 0 Å². The Kier molecular flexibility index (Phi) is 9.24. The van der Waals surface area contributed by atoms with E-state index in [9.17, 15) is 9.59 Å². The lowest BCUT2D eigenvalue weighted by Gasteiger charge is -2.49. The van der Waals surface area contributed by atoms with Crippen molar-refractivity contribution in [2.75, 3.05) is 26.8 Å². The van der Waals surface area contributed by atoms with Gasteiger partial charge in [-0.1, -0.05) is 43.0 Å². The molecule has 3 unspecified atom stereocenters. The normalized spacial score (nSPS) is 23.4. The molecule has 1 aromatic rings. The molecule has 3 rings (SSSR count). The number of likely N-dealkylation sites (tertiary alicyclic amines) is 1. The molecule has 0 saturated carbocycles.